The summed E-state index contributed by atoms with van der Waals surface area (Å²) in [6.45, 7) is 1.75. The van der Waals surface area contributed by atoms with Gasteiger partial charge in [0.05, 0.1) is 0 Å². The first kappa shape index (κ1) is 8.27. The second kappa shape index (κ2) is 3.05. The highest BCUT2D eigenvalue weighted by Crippen LogP contribution is 2.31. The normalized spacial score (nSPS) is 41.1. The fourth-order valence-corrected chi connectivity index (χ4v) is 3.71. The van der Waals surface area contributed by atoms with E-state index in [2.05, 4.69) is 0 Å². The molecule has 0 unspecified atom stereocenters. The average Bonchev–Trinajstić information content (AvgIpc) is 1.96. The molecule has 0 amide bonds. The monoisotopic (exact) mass is 178 g/mol. The molecule has 0 aromatic rings. The summed E-state index contributed by atoms with van der Waals surface area (Å²) in [5.74, 6) is 1.64. The molecule has 2 nitrogen and oxygen atoms in total. The summed E-state index contributed by atoms with van der Waals surface area (Å²) in [5, 5.41) is 0. The van der Waals surface area contributed by atoms with Crippen LogP contribution in [0.25, 0.3) is 0 Å². The topological polar surface area (TPSA) is 34.1 Å². The lowest BCUT2D eigenvalue weighted by Crippen LogP contribution is -2.34. The Morgan fingerprint density at radius 3 is 2.80 bits per heavy atom. The van der Waals surface area contributed by atoms with Gasteiger partial charge in [-0.1, -0.05) is 0 Å². The second-order valence-corrected chi connectivity index (χ2v) is 6.14. The van der Waals surface area contributed by atoms with Gasteiger partial charge in [0.15, 0.2) is 0 Å². The van der Waals surface area contributed by atoms with Crippen LogP contribution in [0.4, 0.5) is 0 Å². The molecule has 10 heavy (non-hydrogen) atoms. The van der Waals surface area contributed by atoms with Crippen molar-refractivity contribution in [2.24, 2.45) is 0 Å². The molecule has 0 spiro atoms. The van der Waals surface area contributed by atoms with Gasteiger partial charge in [-0.25, -0.2) is 0 Å². The van der Waals surface area contributed by atoms with Gasteiger partial charge in [-0.2, -0.15) is 0 Å². The largest absolute Gasteiger partial charge is 0.301 e. The molecule has 0 N–H and O–H groups in total. The fourth-order valence-electron chi connectivity index (χ4n) is 0.821. The van der Waals surface area contributed by atoms with Crippen LogP contribution < -0.4 is 0 Å². The highest BCUT2D eigenvalue weighted by atomic mass is 32.2. The molecule has 1 saturated heterocycles. The first-order chi connectivity index (χ1) is 4.69. The van der Waals surface area contributed by atoms with Gasteiger partial charge in [0.2, 0.25) is 0 Å². The summed E-state index contributed by atoms with van der Waals surface area (Å²) in [6, 6.07) is 0. The molecule has 0 aromatic carbocycles. The van der Waals surface area contributed by atoms with E-state index in [1.807, 2.05) is 0 Å². The summed E-state index contributed by atoms with van der Waals surface area (Å²) >= 11 is 1.51. The van der Waals surface area contributed by atoms with Gasteiger partial charge in [0.1, 0.15) is 10.4 Å². The first-order valence-corrected chi connectivity index (χ1v) is 5.48. The number of aldehydes is 1. The van der Waals surface area contributed by atoms with Gasteiger partial charge >= 0.3 is 0 Å². The molecule has 1 aliphatic heterocycles. The van der Waals surface area contributed by atoms with Crippen LogP contribution in [0, 0.1) is 0 Å². The van der Waals surface area contributed by atoms with E-state index in [1.54, 1.807) is 6.92 Å². The molecule has 2 atom stereocenters. The predicted octanol–water partition coefficient (Wildman–Crippen LogP) is 0.787. The molecule has 1 aliphatic rings. The van der Waals surface area contributed by atoms with Crippen LogP contribution in [0.1, 0.15) is 13.3 Å². The average molecular weight is 178 g/mol. The summed E-state index contributed by atoms with van der Waals surface area (Å²) in [7, 11) is -0.949. The maximum atomic E-state index is 11.2. The summed E-state index contributed by atoms with van der Waals surface area (Å²) < 4.78 is 10.6. The van der Waals surface area contributed by atoms with E-state index in [4.69, 9.17) is 0 Å². The van der Waals surface area contributed by atoms with Crippen molar-refractivity contribution in [3.63, 3.8) is 0 Å². The van der Waals surface area contributed by atoms with Crippen molar-refractivity contribution < 1.29 is 9.00 Å². The Balaban J connectivity index is 2.72. The molecule has 0 radical (unpaired) electrons. The summed E-state index contributed by atoms with van der Waals surface area (Å²) in [5.41, 5.74) is 0. The van der Waals surface area contributed by atoms with E-state index >= 15 is 0 Å². The Morgan fingerprint density at radius 1 is 1.70 bits per heavy atom. The van der Waals surface area contributed by atoms with E-state index in [9.17, 15) is 9.00 Å². The third-order valence-corrected chi connectivity index (χ3v) is 5.26. The van der Waals surface area contributed by atoms with E-state index in [-0.39, 0.29) is 0 Å². The molecule has 0 aliphatic carbocycles. The zero-order valence-corrected chi connectivity index (χ0v) is 7.46. The second-order valence-electron chi connectivity index (χ2n) is 2.39. The van der Waals surface area contributed by atoms with Gasteiger partial charge in [-0.3, -0.25) is 4.21 Å². The highest BCUT2D eigenvalue weighted by Gasteiger charge is 2.34. The minimum Gasteiger partial charge on any atom is -0.301 e. The highest BCUT2D eigenvalue weighted by molar-refractivity contribution is 8.14. The van der Waals surface area contributed by atoms with Crippen LogP contribution in [0.15, 0.2) is 0 Å². The van der Waals surface area contributed by atoms with Gasteiger partial charge in [0.25, 0.3) is 0 Å². The standard InChI is InChI=1S/C6H10O2S2/c1-6(5-7)9-3-2-4-10(6)8/h5H,2-4H2,1H3/t6-,10+/m1/s1. The van der Waals surface area contributed by atoms with Crippen molar-refractivity contribution >= 4 is 28.8 Å². The van der Waals surface area contributed by atoms with Gasteiger partial charge in [-0.15, -0.1) is 11.8 Å². The number of rotatable bonds is 1. The lowest BCUT2D eigenvalue weighted by Gasteiger charge is -2.25. The Labute approximate surface area is 67.2 Å². The van der Waals surface area contributed by atoms with Crippen molar-refractivity contribution in [2.45, 2.75) is 17.4 Å². The third-order valence-electron chi connectivity index (χ3n) is 1.53. The van der Waals surface area contributed by atoms with Crippen LogP contribution in [0.5, 0.6) is 0 Å². The molecule has 1 rings (SSSR count). The van der Waals surface area contributed by atoms with Gasteiger partial charge < -0.3 is 4.79 Å². The van der Waals surface area contributed by atoms with Crippen LogP contribution >= 0.6 is 11.8 Å². The minimum atomic E-state index is -0.949. The van der Waals surface area contributed by atoms with Crippen LogP contribution in [0.2, 0.25) is 0 Å². The maximum Gasteiger partial charge on any atom is 0.148 e. The first-order valence-electron chi connectivity index (χ1n) is 3.18. The Kier molecular flexibility index (Phi) is 2.52. The molecule has 0 bridgehead atoms. The van der Waals surface area contributed by atoms with Crippen molar-refractivity contribution in [2.75, 3.05) is 11.5 Å². The molecular formula is C6H10O2S2. The fraction of sp³-hybridized carbons (Fsp3) is 0.833. The van der Waals surface area contributed by atoms with E-state index < -0.39 is 14.9 Å². The van der Waals surface area contributed by atoms with Crippen LogP contribution in [0.3, 0.4) is 0 Å². The molecule has 1 fully saturated rings. The maximum absolute atomic E-state index is 11.2. The summed E-state index contributed by atoms with van der Waals surface area (Å²) in [4.78, 5) is 10.5. The van der Waals surface area contributed by atoms with E-state index in [0.29, 0.717) is 5.75 Å². The minimum absolute atomic E-state index is 0.613. The number of carbonyl (C=O) groups is 1. The lowest BCUT2D eigenvalue weighted by atomic mass is 10.5. The molecule has 0 saturated carbocycles. The Hall–Kier alpha value is 0.170. The number of thioether (sulfide) groups is 1. The quantitative estimate of drug-likeness (QED) is 0.557. The van der Waals surface area contributed by atoms with Gasteiger partial charge in [0, 0.05) is 16.6 Å². The number of carbonyl (C=O) groups excluding carboxylic acids is 1. The Bertz CT molecular complexity index is 169. The zero-order chi connectivity index (χ0) is 7.61. The molecule has 4 heteroatoms. The number of hydrogen-bond acceptors (Lipinski definition) is 3. The van der Waals surface area contributed by atoms with Crippen molar-refractivity contribution in [1.82, 2.24) is 0 Å². The lowest BCUT2D eigenvalue weighted by molar-refractivity contribution is -0.107. The van der Waals surface area contributed by atoms with E-state index in [1.165, 1.54) is 11.8 Å². The SMILES string of the molecule is C[C@@]1(C=O)SCCC[S@@]1=O. The van der Waals surface area contributed by atoms with Crippen LogP contribution in [-0.4, -0.2) is 26.1 Å². The molecule has 0 aromatic heterocycles. The molecular weight excluding hydrogens is 168 g/mol. The van der Waals surface area contributed by atoms with E-state index in [0.717, 1.165) is 18.5 Å². The molecule has 58 valence electrons. The molecule has 1 heterocycles. The summed E-state index contributed by atoms with van der Waals surface area (Å²) in [6.07, 6.45) is 1.79. The van der Waals surface area contributed by atoms with Crippen molar-refractivity contribution in [1.29, 1.82) is 0 Å². The van der Waals surface area contributed by atoms with Gasteiger partial charge in [-0.05, 0) is 19.1 Å². The van der Waals surface area contributed by atoms with Crippen molar-refractivity contribution in [3.8, 4) is 0 Å². The van der Waals surface area contributed by atoms with Crippen molar-refractivity contribution in [3.05, 3.63) is 0 Å². The Morgan fingerprint density at radius 2 is 2.40 bits per heavy atom. The third kappa shape index (κ3) is 1.42. The predicted molar refractivity (Wildman–Crippen MR) is 44.6 cm³/mol. The smallest absolute Gasteiger partial charge is 0.148 e. The van der Waals surface area contributed by atoms with Crippen LogP contribution in [-0.2, 0) is 15.6 Å². The number of hydrogen-bond donors (Lipinski definition) is 0. The zero-order valence-electron chi connectivity index (χ0n) is 5.83.